The lowest BCUT2D eigenvalue weighted by molar-refractivity contribution is 0.414. The molecule has 1 heterocycles. The number of hydrogen-bond donors (Lipinski definition) is 2. The van der Waals surface area contributed by atoms with Crippen molar-refractivity contribution in [3.8, 4) is 5.75 Å². The van der Waals surface area contributed by atoms with Gasteiger partial charge in [0, 0.05) is 10.5 Å². The largest absolute Gasteiger partial charge is 0.497 e. The van der Waals surface area contributed by atoms with E-state index in [1.807, 2.05) is 18.2 Å². The number of primary sulfonamides is 1. The highest BCUT2D eigenvalue weighted by atomic mass is 79.9. The van der Waals surface area contributed by atoms with Crippen molar-refractivity contribution in [3.05, 3.63) is 40.6 Å². The van der Waals surface area contributed by atoms with Gasteiger partial charge in [-0.05, 0) is 40.2 Å². The Kier molecular flexibility index (Phi) is 4.36. The molecule has 8 heteroatoms. The van der Waals surface area contributed by atoms with E-state index in [-0.39, 0.29) is 5.09 Å². The van der Waals surface area contributed by atoms with Crippen molar-refractivity contribution in [2.75, 3.05) is 12.4 Å². The second-order valence-corrected chi connectivity index (χ2v) is 6.31. The van der Waals surface area contributed by atoms with E-state index >= 15 is 0 Å². The van der Waals surface area contributed by atoms with E-state index in [2.05, 4.69) is 21.2 Å². The average Bonchev–Trinajstić information content (AvgIpc) is 2.86. The Morgan fingerprint density at radius 3 is 2.70 bits per heavy atom. The Hall–Kier alpha value is -1.51. The molecule has 0 fully saturated rings. The van der Waals surface area contributed by atoms with E-state index < -0.39 is 10.0 Å². The molecule has 20 heavy (non-hydrogen) atoms. The van der Waals surface area contributed by atoms with E-state index in [1.165, 1.54) is 6.07 Å². The first-order valence-corrected chi connectivity index (χ1v) is 7.93. The Bertz CT molecular complexity index is 712. The minimum Gasteiger partial charge on any atom is -0.497 e. The molecule has 2 aromatic rings. The Balaban J connectivity index is 2.11. The van der Waals surface area contributed by atoms with Crippen molar-refractivity contribution in [1.29, 1.82) is 0 Å². The number of benzene rings is 1. The lowest BCUT2D eigenvalue weighted by Crippen LogP contribution is -2.10. The van der Waals surface area contributed by atoms with Crippen molar-refractivity contribution in [1.82, 2.24) is 0 Å². The minimum absolute atomic E-state index is 0.251. The summed E-state index contributed by atoms with van der Waals surface area (Å²) in [5.41, 5.74) is 0.804. The number of ether oxygens (including phenoxy) is 1. The first kappa shape index (κ1) is 14.9. The molecule has 0 amide bonds. The summed E-state index contributed by atoms with van der Waals surface area (Å²) >= 11 is 3.41. The lowest BCUT2D eigenvalue weighted by atomic mass is 10.3. The Morgan fingerprint density at radius 1 is 1.35 bits per heavy atom. The quantitative estimate of drug-likeness (QED) is 0.852. The summed E-state index contributed by atoms with van der Waals surface area (Å²) in [5, 5.41) is 7.83. The standard InChI is InChI=1S/C12H13BrN2O4S/c1-18-8-2-4-10(13)11(6-8)15-7-9-3-5-12(19-9)20(14,16)17/h2-6,15H,7H2,1H3,(H2,14,16,17). The zero-order valence-electron chi connectivity index (χ0n) is 10.6. The van der Waals surface area contributed by atoms with E-state index in [9.17, 15) is 8.42 Å². The van der Waals surface area contributed by atoms with Crippen LogP contribution in [0, 0.1) is 0 Å². The van der Waals surface area contributed by atoms with Crippen LogP contribution >= 0.6 is 15.9 Å². The van der Waals surface area contributed by atoms with Crippen LogP contribution in [-0.4, -0.2) is 15.5 Å². The normalized spacial score (nSPS) is 11.3. The van der Waals surface area contributed by atoms with Gasteiger partial charge < -0.3 is 14.5 Å². The third-order valence-corrected chi connectivity index (χ3v) is 4.02. The predicted molar refractivity (Wildman–Crippen MR) is 78.1 cm³/mol. The van der Waals surface area contributed by atoms with E-state index in [0.717, 1.165) is 10.2 Å². The molecule has 2 rings (SSSR count). The molecule has 0 saturated carbocycles. The van der Waals surface area contributed by atoms with Gasteiger partial charge in [0.1, 0.15) is 11.5 Å². The number of hydrogen-bond acceptors (Lipinski definition) is 5. The van der Waals surface area contributed by atoms with E-state index in [4.69, 9.17) is 14.3 Å². The second kappa shape index (κ2) is 5.86. The molecular weight excluding hydrogens is 348 g/mol. The van der Waals surface area contributed by atoms with Crippen molar-refractivity contribution >= 4 is 31.6 Å². The molecule has 6 nitrogen and oxygen atoms in total. The maximum absolute atomic E-state index is 11.1. The molecule has 0 bridgehead atoms. The molecule has 1 aromatic carbocycles. The Labute approximate surface area is 125 Å². The van der Waals surface area contributed by atoms with E-state index in [0.29, 0.717) is 18.1 Å². The van der Waals surface area contributed by atoms with Crippen LogP contribution in [0.1, 0.15) is 5.76 Å². The number of nitrogens with one attached hydrogen (secondary N) is 1. The number of anilines is 1. The van der Waals surface area contributed by atoms with Crippen LogP contribution in [-0.2, 0) is 16.6 Å². The number of nitrogens with two attached hydrogens (primary N) is 1. The molecule has 1 aromatic heterocycles. The number of sulfonamides is 1. The van der Waals surface area contributed by atoms with Gasteiger partial charge in [-0.25, -0.2) is 13.6 Å². The van der Waals surface area contributed by atoms with Crippen LogP contribution in [0.4, 0.5) is 5.69 Å². The van der Waals surface area contributed by atoms with Crippen LogP contribution in [0.2, 0.25) is 0 Å². The summed E-state index contributed by atoms with van der Waals surface area (Å²) in [6.45, 7) is 0.321. The summed E-state index contributed by atoms with van der Waals surface area (Å²) in [7, 11) is -2.23. The van der Waals surface area contributed by atoms with Crippen molar-refractivity contribution in [3.63, 3.8) is 0 Å². The maximum atomic E-state index is 11.1. The Morgan fingerprint density at radius 2 is 2.10 bits per heavy atom. The molecule has 0 atom stereocenters. The smallest absolute Gasteiger partial charge is 0.271 e. The molecule has 0 aliphatic heterocycles. The highest BCUT2D eigenvalue weighted by Crippen LogP contribution is 2.27. The number of rotatable bonds is 5. The first-order valence-electron chi connectivity index (χ1n) is 5.59. The average molecular weight is 361 g/mol. The maximum Gasteiger partial charge on any atom is 0.271 e. The van der Waals surface area contributed by atoms with Gasteiger partial charge in [-0.3, -0.25) is 0 Å². The third-order valence-electron chi connectivity index (χ3n) is 2.54. The summed E-state index contributed by atoms with van der Waals surface area (Å²) in [5.74, 6) is 1.17. The highest BCUT2D eigenvalue weighted by Gasteiger charge is 2.13. The van der Waals surface area contributed by atoms with Gasteiger partial charge in [0.05, 0.1) is 19.3 Å². The fraction of sp³-hybridized carbons (Fsp3) is 0.167. The minimum atomic E-state index is -3.81. The van der Waals surface area contributed by atoms with Crippen molar-refractivity contribution < 1.29 is 17.6 Å². The summed E-state index contributed by atoms with van der Waals surface area (Å²) in [6.07, 6.45) is 0. The summed E-state index contributed by atoms with van der Waals surface area (Å²) in [4.78, 5) is 0. The molecule has 0 aliphatic carbocycles. The van der Waals surface area contributed by atoms with Gasteiger partial charge in [-0.15, -0.1) is 0 Å². The summed E-state index contributed by atoms with van der Waals surface area (Å²) < 4.78 is 33.3. The van der Waals surface area contributed by atoms with Gasteiger partial charge in [0.15, 0.2) is 0 Å². The second-order valence-electron chi connectivity index (χ2n) is 3.97. The van der Waals surface area contributed by atoms with Gasteiger partial charge in [0.2, 0.25) is 5.09 Å². The number of halogens is 1. The van der Waals surface area contributed by atoms with Crippen LogP contribution in [0.5, 0.6) is 5.75 Å². The van der Waals surface area contributed by atoms with Gasteiger partial charge >= 0.3 is 0 Å². The monoisotopic (exact) mass is 360 g/mol. The fourth-order valence-corrected chi connectivity index (χ4v) is 2.42. The first-order chi connectivity index (χ1) is 9.40. The molecule has 0 unspecified atom stereocenters. The predicted octanol–water partition coefficient (Wildman–Crippen LogP) is 2.31. The van der Waals surface area contributed by atoms with Crippen LogP contribution in [0.15, 0.2) is 44.3 Å². The zero-order chi connectivity index (χ0) is 14.8. The number of furan rings is 1. The molecule has 3 N–H and O–H groups in total. The molecule has 0 saturated heterocycles. The van der Waals surface area contributed by atoms with Crippen LogP contribution in [0.25, 0.3) is 0 Å². The molecule has 0 spiro atoms. The highest BCUT2D eigenvalue weighted by molar-refractivity contribution is 9.10. The molecule has 108 valence electrons. The topological polar surface area (TPSA) is 94.6 Å². The molecule has 0 aliphatic rings. The lowest BCUT2D eigenvalue weighted by Gasteiger charge is -2.09. The van der Waals surface area contributed by atoms with Gasteiger partial charge in [-0.1, -0.05) is 0 Å². The van der Waals surface area contributed by atoms with Crippen LogP contribution in [0.3, 0.4) is 0 Å². The van der Waals surface area contributed by atoms with Crippen LogP contribution < -0.4 is 15.2 Å². The molecule has 0 radical (unpaired) electrons. The number of methoxy groups -OCH3 is 1. The van der Waals surface area contributed by atoms with Crippen molar-refractivity contribution in [2.24, 2.45) is 5.14 Å². The van der Waals surface area contributed by atoms with Gasteiger partial charge in [-0.2, -0.15) is 0 Å². The van der Waals surface area contributed by atoms with Gasteiger partial charge in [0.25, 0.3) is 10.0 Å². The fourth-order valence-electron chi connectivity index (χ4n) is 1.56. The SMILES string of the molecule is COc1ccc(Br)c(NCc2ccc(S(N)(=O)=O)o2)c1. The third kappa shape index (κ3) is 3.53. The summed E-state index contributed by atoms with van der Waals surface area (Å²) in [6, 6.07) is 8.36. The molecular formula is C12H13BrN2O4S. The van der Waals surface area contributed by atoms with E-state index in [1.54, 1.807) is 13.2 Å². The van der Waals surface area contributed by atoms with Crippen molar-refractivity contribution in [2.45, 2.75) is 11.6 Å². The zero-order valence-corrected chi connectivity index (χ0v) is 13.0.